The van der Waals surface area contributed by atoms with Crippen LogP contribution in [0, 0.1) is 0 Å². The standard InChI is InChI=1S/C18H31N/c1-3-19(2)17-13-8-6-4-5-7-10-14-18-15-11-9-12-16-18/h9,11-12,15-16H,3-8,10,13-14,17H2,1-2H3. The summed E-state index contributed by atoms with van der Waals surface area (Å²) in [4.78, 5) is 2.40. The molecule has 0 spiro atoms. The second kappa shape index (κ2) is 11.0. The molecule has 0 atom stereocenters. The number of aryl methyl sites for hydroxylation is 1. The van der Waals surface area contributed by atoms with E-state index in [1.54, 1.807) is 0 Å². The van der Waals surface area contributed by atoms with Crippen molar-refractivity contribution in [1.82, 2.24) is 4.90 Å². The first-order valence-corrected chi connectivity index (χ1v) is 8.05. The van der Waals surface area contributed by atoms with Crippen LogP contribution >= 0.6 is 0 Å². The highest BCUT2D eigenvalue weighted by Crippen LogP contribution is 2.10. The quantitative estimate of drug-likeness (QED) is 0.511. The van der Waals surface area contributed by atoms with Crippen molar-refractivity contribution in [3.8, 4) is 0 Å². The third kappa shape index (κ3) is 8.83. The Morgan fingerprint density at radius 1 is 0.789 bits per heavy atom. The second-order valence-corrected chi connectivity index (χ2v) is 5.61. The molecular weight excluding hydrogens is 230 g/mol. The first-order valence-electron chi connectivity index (χ1n) is 8.05. The number of benzene rings is 1. The maximum absolute atomic E-state index is 2.40. The highest BCUT2D eigenvalue weighted by Gasteiger charge is 1.96. The van der Waals surface area contributed by atoms with Gasteiger partial charge in [-0.3, -0.25) is 0 Å². The van der Waals surface area contributed by atoms with Crippen LogP contribution in [0.2, 0.25) is 0 Å². The van der Waals surface area contributed by atoms with Crippen molar-refractivity contribution >= 4 is 0 Å². The Balaban J connectivity index is 1.84. The van der Waals surface area contributed by atoms with Gasteiger partial charge in [0.15, 0.2) is 0 Å². The van der Waals surface area contributed by atoms with E-state index in [1.807, 2.05) is 0 Å². The molecule has 0 aliphatic carbocycles. The summed E-state index contributed by atoms with van der Waals surface area (Å²) in [6.07, 6.45) is 11.0. The molecule has 0 saturated heterocycles. The average molecular weight is 261 g/mol. The van der Waals surface area contributed by atoms with E-state index in [0.717, 1.165) is 0 Å². The van der Waals surface area contributed by atoms with Gasteiger partial charge >= 0.3 is 0 Å². The first kappa shape index (κ1) is 16.2. The van der Waals surface area contributed by atoms with Gasteiger partial charge in [0.05, 0.1) is 0 Å². The van der Waals surface area contributed by atoms with E-state index >= 15 is 0 Å². The number of hydrogen-bond acceptors (Lipinski definition) is 1. The molecule has 1 heteroatoms. The molecule has 0 aliphatic heterocycles. The topological polar surface area (TPSA) is 3.24 Å². The zero-order valence-electron chi connectivity index (χ0n) is 12.9. The molecule has 0 saturated carbocycles. The van der Waals surface area contributed by atoms with Crippen molar-refractivity contribution in [3.63, 3.8) is 0 Å². The zero-order chi connectivity index (χ0) is 13.8. The minimum Gasteiger partial charge on any atom is -0.307 e. The summed E-state index contributed by atoms with van der Waals surface area (Å²) in [5.41, 5.74) is 1.49. The number of unbranched alkanes of at least 4 members (excludes halogenated alkanes) is 6. The maximum Gasteiger partial charge on any atom is -0.00219 e. The fourth-order valence-corrected chi connectivity index (χ4v) is 2.40. The lowest BCUT2D eigenvalue weighted by molar-refractivity contribution is 0.340. The van der Waals surface area contributed by atoms with E-state index in [-0.39, 0.29) is 0 Å². The molecule has 1 aromatic carbocycles. The summed E-state index contributed by atoms with van der Waals surface area (Å²) < 4.78 is 0. The predicted octanol–water partition coefficient (Wildman–Crippen LogP) is 4.91. The number of hydrogen-bond donors (Lipinski definition) is 0. The second-order valence-electron chi connectivity index (χ2n) is 5.61. The molecule has 1 rings (SSSR count). The molecular formula is C18H31N. The molecule has 1 nitrogen and oxygen atoms in total. The zero-order valence-corrected chi connectivity index (χ0v) is 12.9. The van der Waals surface area contributed by atoms with Gasteiger partial charge in [0.1, 0.15) is 0 Å². The molecule has 0 N–H and O–H groups in total. The Morgan fingerprint density at radius 2 is 1.37 bits per heavy atom. The van der Waals surface area contributed by atoms with Gasteiger partial charge in [0.2, 0.25) is 0 Å². The van der Waals surface area contributed by atoms with E-state index in [4.69, 9.17) is 0 Å². The van der Waals surface area contributed by atoms with Crippen molar-refractivity contribution in [2.75, 3.05) is 20.1 Å². The van der Waals surface area contributed by atoms with Crippen LogP contribution in [0.4, 0.5) is 0 Å². The fraction of sp³-hybridized carbons (Fsp3) is 0.667. The molecule has 1 aromatic rings. The van der Waals surface area contributed by atoms with Crippen molar-refractivity contribution in [1.29, 1.82) is 0 Å². The van der Waals surface area contributed by atoms with Crippen molar-refractivity contribution in [2.45, 2.75) is 58.3 Å². The summed E-state index contributed by atoms with van der Waals surface area (Å²) in [6, 6.07) is 10.9. The SMILES string of the molecule is CCN(C)CCCCCCCCCc1ccccc1. The summed E-state index contributed by atoms with van der Waals surface area (Å²) >= 11 is 0. The summed E-state index contributed by atoms with van der Waals surface area (Å²) in [5.74, 6) is 0. The lowest BCUT2D eigenvalue weighted by Gasteiger charge is -2.12. The minimum atomic E-state index is 1.18. The largest absolute Gasteiger partial charge is 0.307 e. The Bertz CT molecular complexity index is 294. The van der Waals surface area contributed by atoms with Gasteiger partial charge in [0, 0.05) is 0 Å². The van der Waals surface area contributed by atoms with Crippen LogP contribution in [0.3, 0.4) is 0 Å². The number of rotatable bonds is 11. The Kier molecular flexibility index (Phi) is 9.44. The van der Waals surface area contributed by atoms with Crippen molar-refractivity contribution in [3.05, 3.63) is 35.9 Å². The fourth-order valence-electron chi connectivity index (χ4n) is 2.40. The van der Waals surface area contributed by atoms with E-state index in [9.17, 15) is 0 Å². The smallest absolute Gasteiger partial charge is 0.00219 e. The van der Waals surface area contributed by atoms with Gasteiger partial charge in [-0.1, -0.05) is 69.4 Å². The third-order valence-electron chi connectivity index (χ3n) is 3.89. The molecule has 108 valence electrons. The van der Waals surface area contributed by atoms with Gasteiger partial charge < -0.3 is 4.90 Å². The summed E-state index contributed by atoms with van der Waals surface area (Å²) in [7, 11) is 2.21. The molecule has 0 heterocycles. The van der Waals surface area contributed by atoms with E-state index < -0.39 is 0 Å². The van der Waals surface area contributed by atoms with Crippen LogP contribution in [0.25, 0.3) is 0 Å². The lowest BCUT2D eigenvalue weighted by Crippen LogP contribution is -2.18. The maximum atomic E-state index is 2.40. The van der Waals surface area contributed by atoms with E-state index in [1.165, 1.54) is 70.0 Å². The highest BCUT2D eigenvalue weighted by atomic mass is 15.1. The molecule has 0 radical (unpaired) electrons. The predicted molar refractivity (Wildman–Crippen MR) is 85.6 cm³/mol. The monoisotopic (exact) mass is 261 g/mol. The molecule has 0 unspecified atom stereocenters. The van der Waals surface area contributed by atoms with Crippen molar-refractivity contribution < 1.29 is 0 Å². The minimum absolute atomic E-state index is 1.18. The summed E-state index contributed by atoms with van der Waals surface area (Å²) in [5, 5.41) is 0. The van der Waals surface area contributed by atoms with E-state index in [2.05, 4.69) is 49.2 Å². The Hall–Kier alpha value is -0.820. The number of nitrogens with zero attached hydrogens (tertiary/aromatic N) is 1. The lowest BCUT2D eigenvalue weighted by atomic mass is 10.0. The van der Waals surface area contributed by atoms with Gasteiger partial charge in [-0.25, -0.2) is 0 Å². The molecule has 0 bridgehead atoms. The van der Waals surface area contributed by atoms with Crippen molar-refractivity contribution in [2.24, 2.45) is 0 Å². The van der Waals surface area contributed by atoms with Crippen LogP contribution < -0.4 is 0 Å². The van der Waals surface area contributed by atoms with Crippen LogP contribution in [-0.2, 0) is 6.42 Å². The van der Waals surface area contributed by atoms with Crippen LogP contribution in [-0.4, -0.2) is 25.0 Å². The van der Waals surface area contributed by atoms with Gasteiger partial charge in [0.25, 0.3) is 0 Å². The molecule has 0 aromatic heterocycles. The third-order valence-corrected chi connectivity index (χ3v) is 3.89. The summed E-state index contributed by atoms with van der Waals surface area (Å²) in [6.45, 7) is 4.68. The normalized spacial score (nSPS) is 11.1. The van der Waals surface area contributed by atoms with E-state index in [0.29, 0.717) is 0 Å². The molecule has 0 amide bonds. The van der Waals surface area contributed by atoms with Gasteiger partial charge in [-0.15, -0.1) is 0 Å². The Labute approximate surface area is 120 Å². The molecule has 19 heavy (non-hydrogen) atoms. The first-order chi connectivity index (χ1) is 9.33. The van der Waals surface area contributed by atoms with Gasteiger partial charge in [-0.05, 0) is 45.0 Å². The van der Waals surface area contributed by atoms with Gasteiger partial charge in [-0.2, -0.15) is 0 Å². The van der Waals surface area contributed by atoms with Crippen LogP contribution in [0.5, 0.6) is 0 Å². The average Bonchev–Trinajstić information content (AvgIpc) is 2.46. The van der Waals surface area contributed by atoms with Crippen LogP contribution in [0.1, 0.15) is 57.4 Å². The molecule has 0 fully saturated rings. The molecule has 0 aliphatic rings. The highest BCUT2D eigenvalue weighted by molar-refractivity contribution is 5.14. The Morgan fingerprint density at radius 3 is 2.00 bits per heavy atom. The van der Waals surface area contributed by atoms with Crippen LogP contribution in [0.15, 0.2) is 30.3 Å².